The van der Waals surface area contributed by atoms with Gasteiger partial charge in [0.1, 0.15) is 0 Å². The largest absolute Gasteiger partial charge is 0.469 e. The summed E-state index contributed by atoms with van der Waals surface area (Å²) in [6, 6.07) is 14.5. The number of esters is 1. The van der Waals surface area contributed by atoms with Gasteiger partial charge in [0.15, 0.2) is 0 Å². The highest BCUT2D eigenvalue weighted by Gasteiger charge is 2.69. The molecular formula is C22H21Cl2NO2. The zero-order chi connectivity index (χ0) is 18.8. The molecule has 3 aliphatic carbocycles. The number of nitrogens with one attached hydrogen (secondary N) is 1. The highest BCUT2D eigenvalue weighted by atomic mass is 35.5. The van der Waals surface area contributed by atoms with Crippen molar-refractivity contribution >= 4 is 29.2 Å². The molecule has 3 nitrogen and oxygen atoms in total. The van der Waals surface area contributed by atoms with E-state index in [1.165, 1.54) is 18.2 Å². The molecule has 2 bridgehead atoms. The molecule has 1 N–H and O–H groups in total. The lowest BCUT2D eigenvalue weighted by molar-refractivity contribution is -0.161. The summed E-state index contributed by atoms with van der Waals surface area (Å²) in [4.78, 5) is 13.2. The fourth-order valence-electron chi connectivity index (χ4n) is 6.30. The van der Waals surface area contributed by atoms with Crippen LogP contribution in [0, 0.1) is 11.3 Å². The molecule has 2 aromatic rings. The standard InChI is InChI=1S/C22H21Cl2NO2/c1-27-20(26)22-12-25-11-19(22)21(13-6-7-17(23)18(24)10-13)9-8-16(22)14-4-2-3-5-15(14)21/h2-7,10,16,19,25H,8-9,11-12H2,1H3. The summed E-state index contributed by atoms with van der Waals surface area (Å²) in [5, 5.41) is 4.63. The first-order valence-electron chi connectivity index (χ1n) is 9.40. The minimum Gasteiger partial charge on any atom is -0.469 e. The minimum atomic E-state index is -0.534. The van der Waals surface area contributed by atoms with Crippen LogP contribution in [0.25, 0.3) is 0 Å². The molecule has 6 rings (SSSR count). The predicted molar refractivity (Wildman–Crippen MR) is 106 cm³/mol. The molecule has 1 saturated heterocycles. The maximum Gasteiger partial charge on any atom is 0.314 e. The third-order valence-corrected chi connectivity index (χ3v) is 7.99. The zero-order valence-electron chi connectivity index (χ0n) is 15.1. The Morgan fingerprint density at radius 2 is 2.00 bits per heavy atom. The van der Waals surface area contributed by atoms with Crippen molar-refractivity contribution in [2.75, 3.05) is 20.2 Å². The number of carbonyl (C=O) groups excluding carboxylic acids is 1. The Morgan fingerprint density at radius 3 is 2.78 bits per heavy atom. The first-order chi connectivity index (χ1) is 13.1. The van der Waals surface area contributed by atoms with Crippen LogP contribution in [0.1, 0.15) is 35.4 Å². The van der Waals surface area contributed by atoms with Crippen LogP contribution < -0.4 is 5.32 Å². The fraction of sp³-hybridized carbons (Fsp3) is 0.409. The van der Waals surface area contributed by atoms with Crippen LogP contribution in [0.4, 0.5) is 0 Å². The van der Waals surface area contributed by atoms with Crippen molar-refractivity contribution in [1.29, 1.82) is 0 Å². The lowest BCUT2D eigenvalue weighted by atomic mass is 9.42. The van der Waals surface area contributed by atoms with Gasteiger partial charge in [0.25, 0.3) is 0 Å². The quantitative estimate of drug-likeness (QED) is 0.750. The number of ether oxygens (including phenoxy) is 1. The first-order valence-corrected chi connectivity index (χ1v) is 10.2. The molecule has 4 atom stereocenters. The molecule has 2 aromatic carbocycles. The molecule has 4 unspecified atom stereocenters. The number of carbonyl (C=O) groups is 1. The van der Waals surface area contributed by atoms with E-state index in [1.54, 1.807) is 0 Å². The summed E-state index contributed by atoms with van der Waals surface area (Å²) in [7, 11) is 1.51. The molecular weight excluding hydrogens is 381 g/mol. The van der Waals surface area contributed by atoms with E-state index in [4.69, 9.17) is 27.9 Å². The molecule has 140 valence electrons. The van der Waals surface area contributed by atoms with E-state index in [1.807, 2.05) is 12.1 Å². The molecule has 27 heavy (non-hydrogen) atoms. The molecule has 2 fully saturated rings. The summed E-state index contributed by atoms with van der Waals surface area (Å²) in [6.07, 6.45) is 1.96. The van der Waals surface area contributed by atoms with Crippen LogP contribution in [0.15, 0.2) is 42.5 Å². The van der Waals surface area contributed by atoms with Gasteiger partial charge in [-0.15, -0.1) is 0 Å². The van der Waals surface area contributed by atoms with Gasteiger partial charge in [-0.25, -0.2) is 0 Å². The molecule has 0 amide bonds. The molecule has 1 aliphatic heterocycles. The van der Waals surface area contributed by atoms with E-state index in [0.29, 0.717) is 16.6 Å². The number of benzene rings is 2. The number of fused-ring (bicyclic) bond motifs is 1. The van der Waals surface area contributed by atoms with Gasteiger partial charge >= 0.3 is 5.97 Å². The van der Waals surface area contributed by atoms with Crippen LogP contribution in [0.2, 0.25) is 10.0 Å². The van der Waals surface area contributed by atoms with E-state index < -0.39 is 5.41 Å². The maximum atomic E-state index is 13.2. The SMILES string of the molecule is COC(=O)C12CNCC1C1(c3ccc(Cl)c(Cl)c3)CCC2c2ccccc21. The number of hydrogen-bond donors (Lipinski definition) is 1. The summed E-state index contributed by atoms with van der Waals surface area (Å²) in [5.74, 6) is 0.218. The summed E-state index contributed by atoms with van der Waals surface area (Å²) < 4.78 is 5.36. The Kier molecular flexibility index (Phi) is 3.88. The average molecular weight is 402 g/mol. The monoisotopic (exact) mass is 401 g/mol. The van der Waals surface area contributed by atoms with E-state index in [2.05, 4.69) is 35.6 Å². The molecule has 5 heteroatoms. The van der Waals surface area contributed by atoms with Crippen molar-refractivity contribution in [3.63, 3.8) is 0 Å². The van der Waals surface area contributed by atoms with Crippen molar-refractivity contribution in [2.24, 2.45) is 11.3 Å². The van der Waals surface area contributed by atoms with Gasteiger partial charge in [-0.2, -0.15) is 0 Å². The van der Waals surface area contributed by atoms with Crippen molar-refractivity contribution in [1.82, 2.24) is 5.32 Å². The van der Waals surface area contributed by atoms with Gasteiger partial charge in [0.2, 0.25) is 0 Å². The number of hydrogen-bond acceptors (Lipinski definition) is 3. The third-order valence-electron chi connectivity index (χ3n) is 7.25. The molecule has 1 heterocycles. The van der Waals surface area contributed by atoms with Crippen molar-refractivity contribution in [3.8, 4) is 0 Å². The van der Waals surface area contributed by atoms with Crippen molar-refractivity contribution in [3.05, 3.63) is 69.2 Å². The Morgan fingerprint density at radius 1 is 1.19 bits per heavy atom. The van der Waals surface area contributed by atoms with Crippen LogP contribution in [-0.2, 0) is 14.9 Å². The second-order valence-corrected chi connectivity index (χ2v) is 8.81. The highest BCUT2D eigenvalue weighted by Crippen LogP contribution is 2.68. The second kappa shape index (κ2) is 5.97. The van der Waals surface area contributed by atoms with Crippen LogP contribution in [0.5, 0.6) is 0 Å². The topological polar surface area (TPSA) is 38.3 Å². The molecule has 0 spiro atoms. The Labute approximate surface area is 169 Å². The van der Waals surface area contributed by atoms with E-state index >= 15 is 0 Å². The van der Waals surface area contributed by atoms with Crippen molar-refractivity contribution in [2.45, 2.75) is 24.2 Å². The zero-order valence-corrected chi connectivity index (χ0v) is 16.6. The number of methoxy groups -OCH3 is 1. The fourth-order valence-corrected chi connectivity index (χ4v) is 6.59. The van der Waals surface area contributed by atoms with E-state index in [9.17, 15) is 4.79 Å². The molecule has 0 radical (unpaired) electrons. The summed E-state index contributed by atoms with van der Waals surface area (Å²) >= 11 is 12.6. The maximum absolute atomic E-state index is 13.2. The lowest BCUT2D eigenvalue weighted by Gasteiger charge is -2.59. The van der Waals surface area contributed by atoms with Crippen LogP contribution >= 0.6 is 23.2 Å². The second-order valence-electron chi connectivity index (χ2n) is 7.99. The third kappa shape index (κ3) is 2.05. The van der Waals surface area contributed by atoms with Gasteiger partial charge in [0, 0.05) is 30.3 Å². The minimum absolute atomic E-state index is 0.0962. The number of rotatable bonds is 2. The predicted octanol–water partition coefficient (Wildman–Crippen LogP) is 4.55. The van der Waals surface area contributed by atoms with Crippen LogP contribution in [-0.4, -0.2) is 26.2 Å². The lowest BCUT2D eigenvalue weighted by Crippen LogP contribution is -2.60. The summed E-state index contributed by atoms with van der Waals surface area (Å²) in [6.45, 7) is 1.45. The molecule has 1 saturated carbocycles. The van der Waals surface area contributed by atoms with Gasteiger partial charge < -0.3 is 10.1 Å². The van der Waals surface area contributed by atoms with Gasteiger partial charge in [-0.05, 0) is 41.7 Å². The average Bonchev–Trinajstić information content (AvgIpc) is 3.17. The highest BCUT2D eigenvalue weighted by molar-refractivity contribution is 6.42. The van der Waals surface area contributed by atoms with Crippen LogP contribution in [0.3, 0.4) is 0 Å². The van der Waals surface area contributed by atoms with E-state index in [0.717, 1.165) is 24.9 Å². The summed E-state index contributed by atoms with van der Waals surface area (Å²) in [5.41, 5.74) is 2.95. The van der Waals surface area contributed by atoms with Gasteiger partial charge in [-0.1, -0.05) is 53.5 Å². The van der Waals surface area contributed by atoms with Crippen molar-refractivity contribution < 1.29 is 9.53 Å². The molecule has 4 aliphatic rings. The normalized spacial score (nSPS) is 33.4. The van der Waals surface area contributed by atoms with Gasteiger partial charge in [0.05, 0.1) is 22.6 Å². The Balaban J connectivity index is 1.83. The Bertz CT molecular complexity index is 946. The Hall–Kier alpha value is -1.55. The smallest absolute Gasteiger partial charge is 0.314 e. The van der Waals surface area contributed by atoms with E-state index in [-0.39, 0.29) is 23.2 Å². The van der Waals surface area contributed by atoms with Gasteiger partial charge in [-0.3, -0.25) is 4.79 Å². The molecule has 0 aromatic heterocycles. The first kappa shape index (κ1) is 17.5. The number of halogens is 2.